The van der Waals surface area contributed by atoms with Gasteiger partial charge >= 0.3 is 14.0 Å². The van der Waals surface area contributed by atoms with Crippen molar-refractivity contribution in [3.63, 3.8) is 0 Å². The van der Waals surface area contributed by atoms with E-state index < -0.39 is 26.0 Å². The van der Waals surface area contributed by atoms with Gasteiger partial charge in [-0.1, -0.05) is 0 Å². The number of alkyl halides is 3. The fourth-order valence-corrected chi connectivity index (χ4v) is 1.55. The predicted octanol–water partition coefficient (Wildman–Crippen LogP) is 1.83. The molecule has 0 saturated heterocycles. The maximum Gasteiger partial charge on any atom is 0.470 e. The van der Waals surface area contributed by atoms with Crippen LogP contribution in [0.3, 0.4) is 0 Å². The number of hydrogen-bond donors (Lipinski definition) is 2. The summed E-state index contributed by atoms with van der Waals surface area (Å²) in [6.45, 7) is 1.92. The second kappa shape index (κ2) is 3.57. The fraction of sp³-hybridized carbons (Fsp3) is 1.00. The molecule has 0 fully saturated rings. The SMILES string of the molecule is CC(C)(CC(F)(F)F)OP(=O)(O)O. The summed E-state index contributed by atoms with van der Waals surface area (Å²) in [5.74, 6) is 0. The molecule has 80 valence electrons. The summed E-state index contributed by atoms with van der Waals surface area (Å²) >= 11 is 0. The predicted molar refractivity (Wildman–Crippen MR) is 37.9 cm³/mol. The molecule has 0 rings (SSSR count). The van der Waals surface area contributed by atoms with E-state index in [0.29, 0.717) is 0 Å². The van der Waals surface area contributed by atoms with Crippen LogP contribution in [0.25, 0.3) is 0 Å². The van der Waals surface area contributed by atoms with Crippen LogP contribution < -0.4 is 0 Å². The topological polar surface area (TPSA) is 66.8 Å². The van der Waals surface area contributed by atoms with Gasteiger partial charge in [0.1, 0.15) is 0 Å². The Hall–Kier alpha value is -0.100. The molecule has 0 saturated carbocycles. The van der Waals surface area contributed by atoms with E-state index in [1.807, 2.05) is 0 Å². The van der Waals surface area contributed by atoms with Gasteiger partial charge in [0.2, 0.25) is 0 Å². The first-order valence-corrected chi connectivity index (χ1v) is 4.77. The second-order valence-electron chi connectivity index (χ2n) is 3.13. The van der Waals surface area contributed by atoms with Crippen molar-refractivity contribution in [3.8, 4) is 0 Å². The third-order valence-electron chi connectivity index (χ3n) is 0.992. The maximum absolute atomic E-state index is 11.8. The van der Waals surface area contributed by atoms with Crippen molar-refractivity contribution in [2.75, 3.05) is 0 Å². The Morgan fingerprint density at radius 3 is 1.92 bits per heavy atom. The maximum atomic E-state index is 11.8. The van der Waals surface area contributed by atoms with E-state index in [2.05, 4.69) is 4.52 Å². The van der Waals surface area contributed by atoms with Crippen LogP contribution in [0.15, 0.2) is 0 Å². The second-order valence-corrected chi connectivity index (χ2v) is 4.30. The average molecular weight is 222 g/mol. The van der Waals surface area contributed by atoms with E-state index in [4.69, 9.17) is 9.79 Å². The molecule has 8 heteroatoms. The smallest absolute Gasteiger partial charge is 0.303 e. The Bertz CT molecular complexity index is 218. The minimum Gasteiger partial charge on any atom is -0.303 e. The number of phosphoric acid groups is 1. The summed E-state index contributed by atoms with van der Waals surface area (Å²) in [6.07, 6.45) is -5.93. The highest BCUT2D eigenvalue weighted by atomic mass is 31.2. The average Bonchev–Trinajstić information content (AvgIpc) is 1.43. The molecule has 0 spiro atoms. The summed E-state index contributed by atoms with van der Waals surface area (Å²) < 4.78 is 49.6. The highest BCUT2D eigenvalue weighted by molar-refractivity contribution is 7.46. The van der Waals surface area contributed by atoms with Crippen molar-refractivity contribution in [2.24, 2.45) is 0 Å². The van der Waals surface area contributed by atoms with E-state index in [9.17, 15) is 17.7 Å². The molecule has 0 heterocycles. The summed E-state index contributed by atoms with van der Waals surface area (Å²) in [6, 6.07) is 0. The highest BCUT2D eigenvalue weighted by Crippen LogP contribution is 2.44. The van der Waals surface area contributed by atoms with Crippen LogP contribution in [0.1, 0.15) is 20.3 Å². The van der Waals surface area contributed by atoms with Crippen LogP contribution in [-0.2, 0) is 9.09 Å². The Morgan fingerprint density at radius 1 is 1.31 bits per heavy atom. The van der Waals surface area contributed by atoms with Gasteiger partial charge in [0.25, 0.3) is 0 Å². The molecule has 0 aromatic carbocycles. The molecule has 0 aromatic heterocycles. The molecule has 4 nitrogen and oxygen atoms in total. The molecule has 0 bridgehead atoms. The van der Waals surface area contributed by atoms with Gasteiger partial charge in [0.15, 0.2) is 0 Å². The summed E-state index contributed by atoms with van der Waals surface area (Å²) in [4.78, 5) is 16.5. The largest absolute Gasteiger partial charge is 0.470 e. The van der Waals surface area contributed by atoms with Crippen molar-refractivity contribution in [2.45, 2.75) is 32.0 Å². The molecule has 0 atom stereocenters. The molecule has 2 N–H and O–H groups in total. The number of halogens is 3. The number of phosphoric ester groups is 1. The molecule has 0 aliphatic heterocycles. The quantitative estimate of drug-likeness (QED) is 0.715. The molecular formula is C5H10F3O4P. The first-order chi connectivity index (χ1) is 5.41. The molecule has 0 aliphatic carbocycles. The van der Waals surface area contributed by atoms with E-state index >= 15 is 0 Å². The van der Waals surface area contributed by atoms with Crippen molar-refractivity contribution in [1.82, 2.24) is 0 Å². The summed E-state index contributed by atoms with van der Waals surface area (Å²) in [5, 5.41) is 0. The third-order valence-corrected chi connectivity index (χ3v) is 1.72. The standard InChI is InChI=1S/C5H10F3O4P/c1-4(2,3-5(6,7)8)12-13(9,10)11/h3H2,1-2H3,(H2,9,10,11). The van der Waals surface area contributed by atoms with Gasteiger partial charge in [-0.2, -0.15) is 13.2 Å². The van der Waals surface area contributed by atoms with Crippen molar-refractivity contribution < 1.29 is 32.0 Å². The monoisotopic (exact) mass is 222 g/mol. The molecule has 0 unspecified atom stereocenters. The van der Waals surface area contributed by atoms with Gasteiger partial charge in [-0.25, -0.2) is 4.57 Å². The molecule has 0 aliphatic rings. The summed E-state index contributed by atoms with van der Waals surface area (Å²) in [7, 11) is -4.87. The zero-order chi connectivity index (χ0) is 10.9. The van der Waals surface area contributed by atoms with Crippen molar-refractivity contribution in [1.29, 1.82) is 0 Å². The Balaban J connectivity index is 4.34. The lowest BCUT2D eigenvalue weighted by Gasteiger charge is -2.25. The van der Waals surface area contributed by atoms with Crippen LogP contribution >= 0.6 is 7.82 Å². The van der Waals surface area contributed by atoms with E-state index in [-0.39, 0.29) is 0 Å². The first-order valence-electron chi connectivity index (χ1n) is 3.24. The first kappa shape index (κ1) is 12.9. The van der Waals surface area contributed by atoms with Gasteiger partial charge in [-0.3, -0.25) is 4.52 Å². The van der Waals surface area contributed by atoms with Gasteiger partial charge in [-0.15, -0.1) is 0 Å². The van der Waals surface area contributed by atoms with Crippen LogP contribution in [0.2, 0.25) is 0 Å². The fourth-order valence-electron chi connectivity index (χ4n) is 0.837. The molecular weight excluding hydrogens is 212 g/mol. The normalized spacial score (nSPS) is 14.7. The minimum atomic E-state index is -4.87. The molecule has 0 aromatic rings. The zero-order valence-electron chi connectivity index (χ0n) is 7.00. The Morgan fingerprint density at radius 2 is 1.69 bits per heavy atom. The highest BCUT2D eigenvalue weighted by Gasteiger charge is 2.40. The van der Waals surface area contributed by atoms with E-state index in [0.717, 1.165) is 13.8 Å². The zero-order valence-corrected chi connectivity index (χ0v) is 7.89. The van der Waals surface area contributed by atoms with E-state index in [1.165, 1.54) is 0 Å². The van der Waals surface area contributed by atoms with Gasteiger partial charge in [0, 0.05) is 0 Å². The van der Waals surface area contributed by atoms with Gasteiger partial charge in [-0.05, 0) is 13.8 Å². The molecule has 13 heavy (non-hydrogen) atoms. The molecule has 0 amide bonds. The van der Waals surface area contributed by atoms with Crippen LogP contribution in [0.5, 0.6) is 0 Å². The number of hydrogen-bond acceptors (Lipinski definition) is 2. The van der Waals surface area contributed by atoms with Crippen molar-refractivity contribution >= 4 is 7.82 Å². The minimum absolute atomic E-state index is 0.958. The molecule has 0 radical (unpaired) electrons. The van der Waals surface area contributed by atoms with Crippen molar-refractivity contribution in [3.05, 3.63) is 0 Å². The van der Waals surface area contributed by atoms with Gasteiger partial charge in [0.05, 0.1) is 12.0 Å². The lowest BCUT2D eigenvalue weighted by molar-refractivity contribution is -0.166. The van der Waals surface area contributed by atoms with E-state index in [1.54, 1.807) is 0 Å². The third kappa shape index (κ3) is 8.24. The number of rotatable bonds is 3. The summed E-state index contributed by atoms with van der Waals surface area (Å²) in [5.41, 5.74) is -1.92. The lowest BCUT2D eigenvalue weighted by Crippen LogP contribution is -2.30. The lowest BCUT2D eigenvalue weighted by atomic mass is 10.1. The van der Waals surface area contributed by atoms with Gasteiger partial charge < -0.3 is 9.79 Å². The van der Waals surface area contributed by atoms with Crippen LogP contribution in [0, 0.1) is 0 Å². The Kier molecular flexibility index (Phi) is 3.54. The Labute approximate surface area is 72.9 Å². The van der Waals surface area contributed by atoms with Crippen LogP contribution in [0.4, 0.5) is 13.2 Å². The van der Waals surface area contributed by atoms with Crippen LogP contribution in [-0.4, -0.2) is 21.6 Å².